The molecule has 0 atom stereocenters. The molecular weight excluding hydrogens is 188 g/mol. The lowest BCUT2D eigenvalue weighted by atomic mass is 9.81. The normalized spacial score (nSPS) is 28.5. The molecule has 0 aliphatic heterocycles. The molecule has 0 bridgehead atoms. The lowest BCUT2D eigenvalue weighted by molar-refractivity contribution is 0.267. The molecule has 1 aliphatic carbocycles. The Bertz CT molecular complexity index is 245. The number of nitrogens with two attached hydrogens (primary N) is 1. The summed E-state index contributed by atoms with van der Waals surface area (Å²) in [5.41, 5.74) is 5.59. The molecule has 3 N–H and O–H groups in total. The Hall–Kier alpha value is -0.130. The van der Waals surface area contributed by atoms with Crippen LogP contribution in [0.5, 0.6) is 0 Å². The zero-order valence-corrected chi connectivity index (χ0v) is 8.81. The number of nitrogens with one attached hydrogen (secondary N) is 1. The Morgan fingerprint density at radius 3 is 2.54 bits per heavy atom. The summed E-state index contributed by atoms with van der Waals surface area (Å²) in [6.45, 7) is 2.43. The number of hydrogen-bond acceptors (Lipinski definition) is 3. The number of sulfonamides is 1. The molecular formula is C8H18N2O2S. The molecule has 0 spiro atoms. The van der Waals surface area contributed by atoms with E-state index in [-0.39, 0.29) is 5.75 Å². The summed E-state index contributed by atoms with van der Waals surface area (Å²) in [5, 5.41) is 0. The summed E-state index contributed by atoms with van der Waals surface area (Å²) < 4.78 is 25.0. The van der Waals surface area contributed by atoms with E-state index in [9.17, 15) is 8.42 Å². The fraction of sp³-hybridized carbons (Fsp3) is 1.00. The molecule has 0 heterocycles. The molecule has 13 heavy (non-hydrogen) atoms. The van der Waals surface area contributed by atoms with Crippen LogP contribution in [0.25, 0.3) is 0 Å². The second-order valence-electron chi connectivity index (χ2n) is 3.76. The fourth-order valence-electron chi connectivity index (χ4n) is 1.54. The van der Waals surface area contributed by atoms with Crippen molar-refractivity contribution in [1.82, 2.24) is 4.72 Å². The lowest BCUT2D eigenvalue weighted by Gasteiger charge is -2.32. The Morgan fingerprint density at radius 1 is 1.46 bits per heavy atom. The summed E-state index contributed by atoms with van der Waals surface area (Å²) in [6, 6.07) is 0.292. The minimum atomic E-state index is -3.01. The van der Waals surface area contributed by atoms with Gasteiger partial charge in [-0.25, -0.2) is 13.1 Å². The third-order valence-corrected chi connectivity index (χ3v) is 3.89. The molecule has 78 valence electrons. The summed E-state index contributed by atoms with van der Waals surface area (Å²) >= 11 is 0. The first kappa shape index (κ1) is 10.9. The van der Waals surface area contributed by atoms with E-state index in [1.807, 2.05) is 6.92 Å². The molecule has 0 saturated heterocycles. The third-order valence-electron chi connectivity index (χ3n) is 2.34. The second-order valence-corrected chi connectivity index (χ2v) is 5.69. The van der Waals surface area contributed by atoms with Crippen molar-refractivity contribution in [3.63, 3.8) is 0 Å². The minimum Gasteiger partial charge on any atom is -0.328 e. The van der Waals surface area contributed by atoms with Crippen molar-refractivity contribution in [3.05, 3.63) is 0 Å². The highest BCUT2D eigenvalue weighted by Crippen LogP contribution is 2.24. The van der Waals surface area contributed by atoms with Crippen LogP contribution in [0.4, 0.5) is 0 Å². The highest BCUT2D eigenvalue weighted by atomic mass is 32.2. The fourth-order valence-corrected chi connectivity index (χ4v) is 2.71. The first-order valence-corrected chi connectivity index (χ1v) is 6.41. The van der Waals surface area contributed by atoms with Crippen molar-refractivity contribution in [2.24, 2.45) is 11.7 Å². The molecule has 5 heteroatoms. The van der Waals surface area contributed by atoms with E-state index in [0.717, 1.165) is 12.8 Å². The predicted octanol–water partition coefficient (Wildman–Crippen LogP) is 0.0531. The Balaban J connectivity index is 2.18. The molecule has 1 aliphatic rings. The molecule has 4 nitrogen and oxygen atoms in total. The molecule has 1 rings (SSSR count). The lowest BCUT2D eigenvalue weighted by Crippen LogP contribution is -2.43. The summed E-state index contributed by atoms with van der Waals surface area (Å²) in [6.07, 6.45) is 2.57. The van der Waals surface area contributed by atoms with Crippen LogP contribution in [-0.4, -0.2) is 26.8 Å². The van der Waals surface area contributed by atoms with Gasteiger partial charge < -0.3 is 5.73 Å². The molecule has 0 amide bonds. The van der Waals surface area contributed by atoms with Gasteiger partial charge in [-0.2, -0.15) is 0 Å². The third kappa shape index (κ3) is 3.62. The summed E-state index contributed by atoms with van der Waals surface area (Å²) in [4.78, 5) is 0. The smallest absolute Gasteiger partial charge is 0.211 e. The van der Waals surface area contributed by atoms with E-state index in [1.54, 1.807) is 0 Å². The predicted molar refractivity (Wildman–Crippen MR) is 52.8 cm³/mol. The van der Waals surface area contributed by atoms with Crippen molar-refractivity contribution in [1.29, 1.82) is 0 Å². The summed E-state index contributed by atoms with van der Waals surface area (Å²) in [5.74, 6) is 0.688. The highest BCUT2D eigenvalue weighted by molar-refractivity contribution is 7.89. The van der Waals surface area contributed by atoms with Crippen LogP contribution in [-0.2, 0) is 10.0 Å². The molecule has 0 aromatic heterocycles. The minimum absolute atomic E-state index is 0.228. The summed E-state index contributed by atoms with van der Waals surface area (Å²) in [7, 11) is -3.01. The van der Waals surface area contributed by atoms with Gasteiger partial charge in [0, 0.05) is 12.6 Å². The number of rotatable bonds is 5. The van der Waals surface area contributed by atoms with Crippen LogP contribution in [0.1, 0.15) is 26.2 Å². The van der Waals surface area contributed by atoms with Crippen molar-refractivity contribution in [2.45, 2.75) is 32.2 Å². The van der Waals surface area contributed by atoms with Gasteiger partial charge in [0.1, 0.15) is 0 Å². The van der Waals surface area contributed by atoms with Crippen LogP contribution in [0.15, 0.2) is 0 Å². The average molecular weight is 206 g/mol. The van der Waals surface area contributed by atoms with Crippen molar-refractivity contribution in [3.8, 4) is 0 Å². The van der Waals surface area contributed by atoms with Gasteiger partial charge >= 0.3 is 0 Å². The first-order chi connectivity index (χ1) is 6.03. The standard InChI is InChI=1S/C8H18N2O2S/c1-2-3-13(11,12)10-6-7-4-8(9)5-7/h7-8,10H,2-6,9H2,1H3. The monoisotopic (exact) mass is 206 g/mol. The van der Waals surface area contributed by atoms with Gasteiger partial charge in [-0.3, -0.25) is 0 Å². The first-order valence-electron chi connectivity index (χ1n) is 4.76. The maximum atomic E-state index is 11.2. The highest BCUT2D eigenvalue weighted by Gasteiger charge is 2.26. The van der Waals surface area contributed by atoms with Gasteiger partial charge in [-0.05, 0) is 25.2 Å². The van der Waals surface area contributed by atoms with E-state index >= 15 is 0 Å². The van der Waals surface area contributed by atoms with Gasteiger partial charge in [0.2, 0.25) is 10.0 Å². The van der Waals surface area contributed by atoms with Crippen LogP contribution in [0.2, 0.25) is 0 Å². The Labute approximate surface area is 79.9 Å². The Morgan fingerprint density at radius 2 is 2.08 bits per heavy atom. The quantitative estimate of drug-likeness (QED) is 0.668. The van der Waals surface area contributed by atoms with Crippen molar-refractivity contribution >= 4 is 10.0 Å². The molecule has 0 aromatic rings. The van der Waals surface area contributed by atoms with E-state index in [0.29, 0.717) is 24.9 Å². The van der Waals surface area contributed by atoms with E-state index in [4.69, 9.17) is 5.73 Å². The van der Waals surface area contributed by atoms with Gasteiger partial charge in [0.05, 0.1) is 5.75 Å². The maximum Gasteiger partial charge on any atom is 0.211 e. The average Bonchev–Trinajstić information content (AvgIpc) is 1.96. The zero-order valence-electron chi connectivity index (χ0n) is 7.99. The van der Waals surface area contributed by atoms with Crippen LogP contribution < -0.4 is 10.5 Å². The maximum absolute atomic E-state index is 11.2. The van der Waals surface area contributed by atoms with Gasteiger partial charge in [-0.1, -0.05) is 6.92 Å². The zero-order chi connectivity index (χ0) is 9.90. The van der Waals surface area contributed by atoms with Gasteiger partial charge in [-0.15, -0.1) is 0 Å². The SMILES string of the molecule is CCCS(=O)(=O)NCC1CC(N)C1. The van der Waals surface area contributed by atoms with E-state index < -0.39 is 10.0 Å². The van der Waals surface area contributed by atoms with Gasteiger partial charge in [0.25, 0.3) is 0 Å². The second kappa shape index (κ2) is 4.39. The molecule has 0 aromatic carbocycles. The van der Waals surface area contributed by atoms with Crippen molar-refractivity contribution < 1.29 is 8.42 Å². The van der Waals surface area contributed by atoms with E-state index in [2.05, 4.69) is 4.72 Å². The van der Waals surface area contributed by atoms with Crippen molar-refractivity contribution in [2.75, 3.05) is 12.3 Å². The van der Waals surface area contributed by atoms with Gasteiger partial charge in [0.15, 0.2) is 0 Å². The van der Waals surface area contributed by atoms with Crippen LogP contribution >= 0.6 is 0 Å². The van der Waals surface area contributed by atoms with E-state index in [1.165, 1.54) is 0 Å². The molecule has 1 fully saturated rings. The number of hydrogen-bond donors (Lipinski definition) is 2. The molecule has 0 radical (unpaired) electrons. The van der Waals surface area contributed by atoms with Crippen LogP contribution in [0, 0.1) is 5.92 Å². The molecule has 0 unspecified atom stereocenters. The Kier molecular flexibility index (Phi) is 3.70. The topological polar surface area (TPSA) is 72.2 Å². The van der Waals surface area contributed by atoms with Crippen LogP contribution in [0.3, 0.4) is 0 Å². The largest absolute Gasteiger partial charge is 0.328 e. The molecule has 1 saturated carbocycles.